The minimum absolute atomic E-state index is 0.166. The standard InChI is InChI=1S/C18H17FN4O3S/c1-4-26-18(25)15-14(20-17(24)16-10(2)21-22-27-16)13(9-23(15)3)11-6-5-7-12(19)8-11/h5-9H,4H2,1-3H3,(H,20,24). The van der Waals surface area contributed by atoms with E-state index in [1.807, 2.05) is 0 Å². The fourth-order valence-electron chi connectivity index (χ4n) is 2.68. The van der Waals surface area contributed by atoms with Gasteiger partial charge in [0.1, 0.15) is 10.7 Å². The van der Waals surface area contributed by atoms with Crippen molar-refractivity contribution >= 4 is 29.1 Å². The van der Waals surface area contributed by atoms with Crippen molar-refractivity contribution in [3.05, 3.63) is 52.5 Å². The molecule has 2 heterocycles. The Balaban J connectivity index is 2.11. The lowest BCUT2D eigenvalue weighted by atomic mass is 10.1. The van der Waals surface area contributed by atoms with Gasteiger partial charge in [-0.2, -0.15) is 0 Å². The monoisotopic (exact) mass is 388 g/mol. The summed E-state index contributed by atoms with van der Waals surface area (Å²) in [5.41, 5.74) is 1.93. The average Bonchev–Trinajstić information content (AvgIpc) is 3.18. The van der Waals surface area contributed by atoms with Gasteiger partial charge in [-0.1, -0.05) is 16.6 Å². The van der Waals surface area contributed by atoms with Gasteiger partial charge >= 0.3 is 5.97 Å². The summed E-state index contributed by atoms with van der Waals surface area (Å²) in [6, 6.07) is 5.91. The van der Waals surface area contributed by atoms with E-state index in [0.717, 1.165) is 11.5 Å². The third-order valence-electron chi connectivity index (χ3n) is 3.88. The van der Waals surface area contributed by atoms with Crippen molar-refractivity contribution in [2.45, 2.75) is 13.8 Å². The van der Waals surface area contributed by atoms with Gasteiger partial charge in [0, 0.05) is 18.8 Å². The second-order valence-corrected chi connectivity index (χ2v) is 6.50. The molecule has 3 aromatic rings. The number of benzene rings is 1. The van der Waals surface area contributed by atoms with Crippen molar-refractivity contribution in [2.75, 3.05) is 11.9 Å². The summed E-state index contributed by atoms with van der Waals surface area (Å²) < 4.78 is 24.1. The zero-order valence-electron chi connectivity index (χ0n) is 14.9. The van der Waals surface area contributed by atoms with E-state index in [0.29, 0.717) is 21.7 Å². The zero-order valence-corrected chi connectivity index (χ0v) is 15.8. The maximum atomic E-state index is 13.7. The largest absolute Gasteiger partial charge is 0.461 e. The van der Waals surface area contributed by atoms with Crippen molar-refractivity contribution in [3.8, 4) is 11.1 Å². The van der Waals surface area contributed by atoms with E-state index < -0.39 is 17.7 Å². The predicted octanol–water partition coefficient (Wildman–Crippen LogP) is 3.42. The lowest BCUT2D eigenvalue weighted by molar-refractivity contribution is 0.0516. The van der Waals surface area contributed by atoms with Crippen molar-refractivity contribution < 1.29 is 18.7 Å². The molecular formula is C18H17FN4O3S. The van der Waals surface area contributed by atoms with E-state index in [2.05, 4.69) is 14.9 Å². The molecule has 0 atom stereocenters. The molecule has 2 aromatic heterocycles. The van der Waals surface area contributed by atoms with Gasteiger partial charge in [0.15, 0.2) is 5.69 Å². The second kappa shape index (κ2) is 7.67. The molecule has 3 rings (SSSR count). The Hall–Kier alpha value is -3.07. The van der Waals surface area contributed by atoms with Gasteiger partial charge in [0.2, 0.25) is 0 Å². The molecule has 0 aliphatic rings. The number of halogens is 1. The first-order valence-electron chi connectivity index (χ1n) is 8.15. The number of hydrogen-bond donors (Lipinski definition) is 1. The van der Waals surface area contributed by atoms with Crippen LogP contribution in [0.25, 0.3) is 11.1 Å². The van der Waals surface area contributed by atoms with Gasteiger partial charge in [0.05, 0.1) is 18.0 Å². The number of amides is 1. The van der Waals surface area contributed by atoms with Crippen molar-refractivity contribution in [3.63, 3.8) is 0 Å². The molecule has 1 amide bonds. The van der Waals surface area contributed by atoms with Crippen LogP contribution in [-0.4, -0.2) is 32.6 Å². The van der Waals surface area contributed by atoms with Crippen molar-refractivity contribution in [1.29, 1.82) is 0 Å². The van der Waals surface area contributed by atoms with Crippen LogP contribution in [-0.2, 0) is 11.8 Å². The predicted molar refractivity (Wildman–Crippen MR) is 99.4 cm³/mol. The first-order valence-corrected chi connectivity index (χ1v) is 8.92. The molecule has 0 fully saturated rings. The highest BCUT2D eigenvalue weighted by molar-refractivity contribution is 7.08. The van der Waals surface area contributed by atoms with Crippen LogP contribution in [0.1, 0.15) is 32.8 Å². The Morgan fingerprint density at radius 3 is 2.78 bits per heavy atom. The highest BCUT2D eigenvalue weighted by Gasteiger charge is 2.25. The molecule has 0 spiro atoms. The first kappa shape index (κ1) is 18.7. The minimum Gasteiger partial charge on any atom is -0.461 e. The highest BCUT2D eigenvalue weighted by atomic mass is 32.1. The first-order chi connectivity index (χ1) is 12.9. The fraction of sp³-hybridized carbons (Fsp3) is 0.222. The Labute approximate surface area is 158 Å². The summed E-state index contributed by atoms with van der Waals surface area (Å²) in [7, 11) is 1.66. The molecule has 1 aromatic carbocycles. The number of rotatable bonds is 5. The second-order valence-electron chi connectivity index (χ2n) is 5.75. The van der Waals surface area contributed by atoms with Gasteiger partial charge in [-0.05, 0) is 43.1 Å². The summed E-state index contributed by atoms with van der Waals surface area (Å²) >= 11 is 0.956. The molecule has 0 aliphatic carbocycles. The molecular weight excluding hydrogens is 371 g/mol. The Morgan fingerprint density at radius 2 is 2.15 bits per heavy atom. The number of nitrogens with zero attached hydrogens (tertiary/aromatic N) is 3. The van der Waals surface area contributed by atoms with Crippen LogP contribution in [0, 0.1) is 12.7 Å². The molecule has 0 aliphatic heterocycles. The Morgan fingerprint density at radius 1 is 1.37 bits per heavy atom. The van der Waals surface area contributed by atoms with Crippen molar-refractivity contribution in [2.24, 2.45) is 7.05 Å². The summed E-state index contributed by atoms with van der Waals surface area (Å²) in [5.74, 6) is -1.46. The zero-order chi connectivity index (χ0) is 19.6. The number of anilines is 1. The number of aromatic nitrogens is 3. The average molecular weight is 388 g/mol. The van der Waals surface area contributed by atoms with Crippen LogP contribution in [0.2, 0.25) is 0 Å². The van der Waals surface area contributed by atoms with Gasteiger partial charge in [0.25, 0.3) is 5.91 Å². The SMILES string of the molecule is CCOC(=O)c1c(NC(=O)c2snnc2C)c(-c2cccc(F)c2)cn1C. The molecule has 0 bridgehead atoms. The van der Waals surface area contributed by atoms with Crippen LogP contribution in [0.3, 0.4) is 0 Å². The summed E-state index contributed by atoms with van der Waals surface area (Å²) in [6.45, 7) is 3.55. The van der Waals surface area contributed by atoms with Gasteiger partial charge < -0.3 is 14.6 Å². The number of carbonyl (C=O) groups is 2. The molecule has 7 nitrogen and oxygen atoms in total. The summed E-state index contributed by atoms with van der Waals surface area (Å²) in [5, 5.41) is 6.57. The maximum Gasteiger partial charge on any atom is 0.357 e. The Kier molecular flexibility index (Phi) is 5.31. The van der Waals surface area contributed by atoms with E-state index >= 15 is 0 Å². The van der Waals surface area contributed by atoms with Crippen LogP contribution in [0.4, 0.5) is 10.1 Å². The van der Waals surface area contributed by atoms with Gasteiger partial charge in [-0.15, -0.1) is 5.10 Å². The Bertz CT molecular complexity index is 1010. The molecule has 0 saturated carbocycles. The molecule has 27 heavy (non-hydrogen) atoms. The van der Waals surface area contributed by atoms with E-state index in [1.54, 1.807) is 43.8 Å². The normalized spacial score (nSPS) is 10.7. The van der Waals surface area contributed by atoms with Gasteiger partial charge in [-0.25, -0.2) is 9.18 Å². The van der Waals surface area contributed by atoms with Crippen LogP contribution >= 0.6 is 11.5 Å². The van der Waals surface area contributed by atoms with Gasteiger partial charge in [-0.3, -0.25) is 4.79 Å². The number of ether oxygens (including phenoxy) is 1. The summed E-state index contributed by atoms with van der Waals surface area (Å²) in [4.78, 5) is 25.4. The number of carbonyl (C=O) groups excluding carboxylic acids is 2. The fourth-order valence-corrected chi connectivity index (χ4v) is 3.24. The molecule has 0 radical (unpaired) electrons. The minimum atomic E-state index is -0.586. The van der Waals surface area contributed by atoms with Crippen LogP contribution < -0.4 is 5.32 Å². The molecule has 9 heteroatoms. The lowest BCUT2D eigenvalue weighted by Gasteiger charge is -2.10. The number of aryl methyl sites for hydroxylation is 2. The summed E-state index contributed by atoms with van der Waals surface area (Å²) in [6.07, 6.45) is 1.65. The topological polar surface area (TPSA) is 86.1 Å². The van der Waals surface area contributed by atoms with E-state index in [-0.39, 0.29) is 18.0 Å². The molecule has 1 N–H and O–H groups in total. The van der Waals surface area contributed by atoms with E-state index in [1.165, 1.54) is 12.1 Å². The molecule has 0 unspecified atom stereocenters. The number of esters is 1. The third-order valence-corrected chi connectivity index (χ3v) is 4.71. The maximum absolute atomic E-state index is 13.7. The number of nitrogens with one attached hydrogen (secondary N) is 1. The quantitative estimate of drug-likeness (QED) is 0.677. The van der Waals surface area contributed by atoms with Crippen LogP contribution in [0.5, 0.6) is 0 Å². The van der Waals surface area contributed by atoms with E-state index in [4.69, 9.17) is 4.74 Å². The van der Waals surface area contributed by atoms with E-state index in [9.17, 15) is 14.0 Å². The molecule has 140 valence electrons. The smallest absolute Gasteiger partial charge is 0.357 e. The number of hydrogen-bond acceptors (Lipinski definition) is 6. The third kappa shape index (κ3) is 3.72. The lowest BCUT2D eigenvalue weighted by Crippen LogP contribution is -2.17. The van der Waals surface area contributed by atoms with Crippen molar-refractivity contribution in [1.82, 2.24) is 14.2 Å². The molecule has 0 saturated heterocycles. The van der Waals surface area contributed by atoms with Crippen LogP contribution in [0.15, 0.2) is 30.5 Å². The highest BCUT2D eigenvalue weighted by Crippen LogP contribution is 2.34.